The van der Waals surface area contributed by atoms with Gasteiger partial charge in [0.1, 0.15) is 6.54 Å². The molecule has 0 unspecified atom stereocenters. The van der Waals surface area contributed by atoms with Gasteiger partial charge in [-0.1, -0.05) is 13.8 Å². The third-order valence-corrected chi connectivity index (χ3v) is 6.47. The molecule has 0 aliphatic heterocycles. The van der Waals surface area contributed by atoms with E-state index in [1.807, 2.05) is 0 Å². The normalized spacial score (nSPS) is 11.0. The third-order valence-electron chi connectivity index (χ3n) is 4.40. The van der Waals surface area contributed by atoms with Crippen molar-refractivity contribution in [1.82, 2.24) is 14.9 Å². The zero-order valence-corrected chi connectivity index (χ0v) is 19.9. The highest BCUT2D eigenvalue weighted by atomic mass is 32.2. The van der Waals surface area contributed by atoms with Crippen molar-refractivity contribution < 1.29 is 37.1 Å². The van der Waals surface area contributed by atoms with E-state index in [4.69, 9.17) is 9.47 Å². The number of benzene rings is 1. The molecule has 33 heavy (non-hydrogen) atoms. The molecule has 0 bridgehead atoms. The van der Waals surface area contributed by atoms with Crippen LogP contribution in [0.25, 0.3) is 0 Å². The molecule has 0 heterocycles. The molecule has 0 aliphatic rings. The monoisotopic (exact) mass is 485 g/mol. The number of carbonyl (C=O) groups is 4. The Hall–Kier alpha value is -2.99. The summed E-state index contributed by atoms with van der Waals surface area (Å²) in [4.78, 5) is 46.8. The lowest BCUT2D eigenvalue weighted by Crippen LogP contribution is -2.34. The fourth-order valence-corrected chi connectivity index (χ4v) is 4.15. The largest absolute Gasteiger partial charge is 0.466 e. The second kappa shape index (κ2) is 14.2. The van der Waals surface area contributed by atoms with Crippen molar-refractivity contribution in [3.05, 3.63) is 29.8 Å². The van der Waals surface area contributed by atoms with Gasteiger partial charge in [0.05, 0.1) is 11.5 Å². The van der Waals surface area contributed by atoms with Crippen molar-refractivity contribution in [2.45, 2.75) is 38.5 Å². The van der Waals surface area contributed by atoms with Crippen LogP contribution in [0.4, 0.5) is 0 Å². The number of esters is 2. The van der Waals surface area contributed by atoms with E-state index in [0.29, 0.717) is 26.1 Å². The third kappa shape index (κ3) is 9.58. The molecule has 0 atom stereocenters. The Bertz CT molecular complexity index is 912. The predicted molar refractivity (Wildman–Crippen MR) is 119 cm³/mol. The number of rotatable bonds is 14. The molecule has 1 rings (SSSR count). The molecule has 2 amide bonds. The molecule has 12 heteroatoms. The molecule has 0 aliphatic carbocycles. The van der Waals surface area contributed by atoms with Gasteiger partial charge in [0.2, 0.25) is 10.0 Å². The molecular weight excluding hydrogens is 454 g/mol. The molecule has 1 aromatic rings. The highest BCUT2D eigenvalue weighted by Crippen LogP contribution is 2.16. The Morgan fingerprint density at radius 1 is 0.909 bits per heavy atom. The first kappa shape index (κ1) is 28.0. The van der Waals surface area contributed by atoms with Crippen molar-refractivity contribution in [3.8, 4) is 0 Å². The number of sulfonamides is 1. The predicted octanol–water partition coefficient (Wildman–Crippen LogP) is 0.450. The first-order chi connectivity index (χ1) is 15.6. The van der Waals surface area contributed by atoms with Crippen LogP contribution in [-0.2, 0) is 33.9 Å². The molecular formula is C21H31N3O8S. The number of hydrogen-bond acceptors (Lipinski definition) is 8. The summed E-state index contributed by atoms with van der Waals surface area (Å²) >= 11 is 0. The minimum Gasteiger partial charge on any atom is -0.466 e. The molecule has 0 saturated carbocycles. The average molecular weight is 486 g/mol. The van der Waals surface area contributed by atoms with Gasteiger partial charge in [0.15, 0.2) is 6.61 Å². The number of nitrogens with zero attached hydrogens (tertiary/aromatic N) is 1. The van der Waals surface area contributed by atoms with Crippen LogP contribution < -0.4 is 10.6 Å². The number of hydrogen-bond donors (Lipinski definition) is 2. The van der Waals surface area contributed by atoms with E-state index < -0.39 is 41.0 Å². The van der Waals surface area contributed by atoms with E-state index in [2.05, 4.69) is 10.6 Å². The number of amides is 2. The van der Waals surface area contributed by atoms with Crippen molar-refractivity contribution in [2.24, 2.45) is 0 Å². The zero-order valence-electron chi connectivity index (χ0n) is 19.1. The number of carbonyl (C=O) groups excluding carboxylic acids is 4. The second-order valence-electron chi connectivity index (χ2n) is 6.72. The molecule has 0 aromatic heterocycles. The lowest BCUT2D eigenvalue weighted by atomic mass is 10.2. The van der Waals surface area contributed by atoms with Crippen molar-refractivity contribution in [3.63, 3.8) is 0 Å². The summed E-state index contributed by atoms with van der Waals surface area (Å²) in [5.74, 6) is -2.30. The van der Waals surface area contributed by atoms with Gasteiger partial charge in [0.25, 0.3) is 11.8 Å². The summed E-state index contributed by atoms with van der Waals surface area (Å²) in [6, 6.07) is 5.35. The van der Waals surface area contributed by atoms with Crippen molar-refractivity contribution >= 4 is 33.8 Å². The molecule has 184 valence electrons. The quantitative estimate of drug-likeness (QED) is 0.285. The van der Waals surface area contributed by atoms with Gasteiger partial charge in [-0.05, 0) is 37.6 Å². The van der Waals surface area contributed by atoms with Gasteiger partial charge in [-0.2, -0.15) is 4.31 Å². The fraction of sp³-hybridized carbons (Fsp3) is 0.524. The topological polar surface area (TPSA) is 148 Å². The SMILES string of the molecule is CCOC(=O)CCCNC(=O)COC(=O)CNC(=O)c1ccc(S(=O)(=O)N(CC)CC)cc1. The van der Waals surface area contributed by atoms with Crippen LogP contribution in [0, 0.1) is 0 Å². The number of ether oxygens (including phenoxy) is 2. The molecule has 0 radical (unpaired) electrons. The molecule has 1 aromatic carbocycles. The van der Waals surface area contributed by atoms with Gasteiger partial charge in [-0.25, -0.2) is 8.42 Å². The minimum atomic E-state index is -3.63. The van der Waals surface area contributed by atoms with E-state index in [1.165, 1.54) is 28.6 Å². The van der Waals surface area contributed by atoms with E-state index in [1.54, 1.807) is 20.8 Å². The van der Waals surface area contributed by atoms with Gasteiger partial charge in [0, 0.05) is 31.6 Å². The van der Waals surface area contributed by atoms with Crippen LogP contribution in [0.5, 0.6) is 0 Å². The maximum atomic E-state index is 12.5. The molecule has 11 nitrogen and oxygen atoms in total. The van der Waals surface area contributed by atoms with Crippen LogP contribution in [0.3, 0.4) is 0 Å². The summed E-state index contributed by atoms with van der Waals surface area (Å²) in [5.41, 5.74) is 0.167. The Morgan fingerprint density at radius 2 is 1.55 bits per heavy atom. The van der Waals surface area contributed by atoms with E-state index >= 15 is 0 Å². The van der Waals surface area contributed by atoms with Gasteiger partial charge in [-0.3, -0.25) is 19.2 Å². The average Bonchev–Trinajstić information content (AvgIpc) is 2.79. The summed E-state index contributed by atoms with van der Waals surface area (Å²) in [6.45, 7) is 5.36. The highest BCUT2D eigenvalue weighted by Gasteiger charge is 2.21. The van der Waals surface area contributed by atoms with Gasteiger partial charge < -0.3 is 20.1 Å². The van der Waals surface area contributed by atoms with Crippen LogP contribution in [-0.4, -0.2) is 75.9 Å². The lowest BCUT2D eigenvalue weighted by Gasteiger charge is -2.18. The van der Waals surface area contributed by atoms with Crippen LogP contribution in [0.15, 0.2) is 29.2 Å². The first-order valence-electron chi connectivity index (χ1n) is 10.6. The fourth-order valence-electron chi connectivity index (χ4n) is 2.69. The Kier molecular flexibility index (Phi) is 12.1. The summed E-state index contributed by atoms with van der Waals surface area (Å²) in [5, 5.41) is 4.84. The van der Waals surface area contributed by atoms with Crippen molar-refractivity contribution in [2.75, 3.05) is 39.4 Å². The first-order valence-corrected chi connectivity index (χ1v) is 12.1. The van der Waals surface area contributed by atoms with Crippen molar-refractivity contribution in [1.29, 1.82) is 0 Å². The maximum Gasteiger partial charge on any atom is 0.325 e. The standard InChI is InChI=1S/C21H31N3O8S/c1-4-24(5-2)33(29,30)17-11-9-16(10-12-17)21(28)23-14-20(27)32-15-18(25)22-13-7-8-19(26)31-6-3/h9-12H,4-8,13-15H2,1-3H3,(H,22,25)(H,23,28). The maximum absolute atomic E-state index is 12.5. The van der Waals surface area contributed by atoms with E-state index in [0.717, 1.165) is 0 Å². The Balaban J connectivity index is 2.40. The molecule has 0 fully saturated rings. The van der Waals surface area contributed by atoms with E-state index in [9.17, 15) is 27.6 Å². The molecule has 0 saturated heterocycles. The summed E-state index contributed by atoms with van der Waals surface area (Å²) in [7, 11) is -3.63. The van der Waals surface area contributed by atoms with Gasteiger partial charge >= 0.3 is 11.9 Å². The lowest BCUT2D eigenvalue weighted by molar-refractivity contribution is -0.147. The second-order valence-corrected chi connectivity index (χ2v) is 8.65. The smallest absolute Gasteiger partial charge is 0.325 e. The summed E-state index contributed by atoms with van der Waals surface area (Å²) in [6.07, 6.45) is 0.561. The Morgan fingerprint density at radius 3 is 2.12 bits per heavy atom. The highest BCUT2D eigenvalue weighted by molar-refractivity contribution is 7.89. The van der Waals surface area contributed by atoms with Gasteiger partial charge in [-0.15, -0.1) is 0 Å². The number of nitrogens with one attached hydrogen (secondary N) is 2. The van der Waals surface area contributed by atoms with Crippen LogP contribution in [0.2, 0.25) is 0 Å². The van der Waals surface area contributed by atoms with Crippen LogP contribution >= 0.6 is 0 Å². The molecule has 0 spiro atoms. The zero-order chi connectivity index (χ0) is 24.9. The van der Waals surface area contributed by atoms with Crippen LogP contribution in [0.1, 0.15) is 44.0 Å². The summed E-state index contributed by atoms with van der Waals surface area (Å²) < 4.78 is 35.8. The Labute approximate surface area is 193 Å². The van der Waals surface area contributed by atoms with E-state index in [-0.39, 0.29) is 29.4 Å². The minimum absolute atomic E-state index is 0.0652. The molecule has 2 N–H and O–H groups in total.